The smallest absolute Gasteiger partial charge is 0.231 e. The van der Waals surface area contributed by atoms with Crippen LogP contribution in [0.5, 0.6) is 5.88 Å². The molecule has 8 heteroatoms. The molecule has 7 nitrogen and oxygen atoms in total. The third kappa shape index (κ3) is 3.66. The van der Waals surface area contributed by atoms with Gasteiger partial charge in [-0.15, -0.1) is 5.10 Å². The van der Waals surface area contributed by atoms with Crippen LogP contribution in [0.15, 0.2) is 30.7 Å². The molecule has 1 saturated heterocycles. The second-order valence-corrected chi connectivity index (χ2v) is 6.74. The fraction of sp³-hybridized carbons (Fsp3) is 0.412. The average molecular weight is 359 g/mol. The summed E-state index contributed by atoms with van der Waals surface area (Å²) in [6.45, 7) is 4.46. The quantitative estimate of drug-likeness (QED) is 0.714. The number of aromatic nitrogens is 5. The lowest BCUT2D eigenvalue weighted by atomic mass is 9.98. The Morgan fingerprint density at radius 2 is 1.96 bits per heavy atom. The Hall–Kier alpha value is -2.41. The summed E-state index contributed by atoms with van der Waals surface area (Å²) in [5, 5.41) is 5.00. The molecule has 0 amide bonds. The van der Waals surface area contributed by atoms with Crippen molar-refractivity contribution in [2.45, 2.75) is 19.8 Å². The lowest BCUT2D eigenvalue weighted by molar-refractivity contribution is 0.213. The Morgan fingerprint density at radius 1 is 1.20 bits per heavy atom. The number of fused-ring (bicyclic) bond motifs is 1. The molecule has 4 rings (SSSR count). The summed E-state index contributed by atoms with van der Waals surface area (Å²) < 4.78 is 7.65. The number of hydrogen-bond donors (Lipinski definition) is 0. The summed E-state index contributed by atoms with van der Waals surface area (Å²) in [5.74, 6) is 1.88. The van der Waals surface area contributed by atoms with Gasteiger partial charge < -0.3 is 9.64 Å². The zero-order valence-electron chi connectivity index (χ0n) is 14.0. The minimum Gasteiger partial charge on any atom is -0.476 e. The maximum atomic E-state index is 5.89. The predicted octanol–water partition coefficient (Wildman–Crippen LogP) is 2.78. The van der Waals surface area contributed by atoms with Gasteiger partial charge in [-0.2, -0.15) is 0 Å². The number of anilines is 1. The fourth-order valence-electron chi connectivity index (χ4n) is 3.03. The van der Waals surface area contributed by atoms with Crippen molar-refractivity contribution in [2.24, 2.45) is 5.92 Å². The third-order valence-corrected chi connectivity index (χ3v) is 4.58. The summed E-state index contributed by atoms with van der Waals surface area (Å²) in [6.07, 6.45) is 7.25. The topological polar surface area (TPSA) is 68.4 Å². The van der Waals surface area contributed by atoms with E-state index in [4.69, 9.17) is 16.3 Å². The first-order chi connectivity index (χ1) is 12.2. The molecule has 0 atom stereocenters. The van der Waals surface area contributed by atoms with Crippen LogP contribution in [-0.4, -0.2) is 44.3 Å². The number of ether oxygens (including phenoxy) is 1. The van der Waals surface area contributed by atoms with Gasteiger partial charge in [-0.25, -0.2) is 19.5 Å². The van der Waals surface area contributed by atoms with Crippen molar-refractivity contribution in [1.29, 1.82) is 0 Å². The fourth-order valence-corrected chi connectivity index (χ4v) is 3.13. The highest BCUT2D eigenvalue weighted by atomic mass is 35.5. The second-order valence-electron chi connectivity index (χ2n) is 6.30. The van der Waals surface area contributed by atoms with E-state index in [9.17, 15) is 0 Å². The maximum absolute atomic E-state index is 5.89. The summed E-state index contributed by atoms with van der Waals surface area (Å²) >= 11 is 5.84. The first-order valence-electron chi connectivity index (χ1n) is 8.36. The van der Waals surface area contributed by atoms with Crippen molar-refractivity contribution in [3.05, 3.63) is 41.4 Å². The van der Waals surface area contributed by atoms with Crippen LogP contribution in [-0.2, 0) is 0 Å². The molecular weight excluding hydrogens is 340 g/mol. The largest absolute Gasteiger partial charge is 0.476 e. The van der Waals surface area contributed by atoms with Crippen molar-refractivity contribution in [1.82, 2.24) is 24.6 Å². The number of piperidine rings is 1. The molecule has 3 aromatic heterocycles. The number of aryl methyl sites for hydroxylation is 1. The molecule has 4 heterocycles. The van der Waals surface area contributed by atoms with Crippen LogP contribution in [0, 0.1) is 12.8 Å². The van der Waals surface area contributed by atoms with Gasteiger partial charge in [-0.05, 0) is 31.7 Å². The van der Waals surface area contributed by atoms with Crippen LogP contribution in [0.2, 0.25) is 5.02 Å². The third-order valence-electron chi connectivity index (χ3n) is 4.39. The lowest BCUT2D eigenvalue weighted by Crippen LogP contribution is -2.36. The Bertz CT molecular complexity index is 857. The normalized spacial score (nSPS) is 15.7. The van der Waals surface area contributed by atoms with E-state index >= 15 is 0 Å². The molecule has 0 aromatic carbocycles. The Balaban J connectivity index is 1.31. The van der Waals surface area contributed by atoms with E-state index in [1.165, 1.54) is 0 Å². The molecule has 1 fully saturated rings. The van der Waals surface area contributed by atoms with Gasteiger partial charge in [0, 0.05) is 19.2 Å². The molecule has 0 saturated carbocycles. The Kier molecular flexibility index (Phi) is 4.40. The number of nitrogens with zero attached hydrogens (tertiary/aromatic N) is 6. The molecule has 25 heavy (non-hydrogen) atoms. The molecular formula is C17H19ClN6O. The number of hydrogen-bond acceptors (Lipinski definition) is 6. The van der Waals surface area contributed by atoms with Crippen LogP contribution in [0.25, 0.3) is 5.65 Å². The molecule has 130 valence electrons. The van der Waals surface area contributed by atoms with Crippen LogP contribution in [0.4, 0.5) is 5.95 Å². The van der Waals surface area contributed by atoms with E-state index in [1.54, 1.807) is 16.9 Å². The van der Waals surface area contributed by atoms with Crippen LogP contribution in [0.3, 0.4) is 0 Å². The van der Waals surface area contributed by atoms with Gasteiger partial charge in [0.2, 0.25) is 11.8 Å². The lowest BCUT2D eigenvalue weighted by Gasteiger charge is -2.31. The monoisotopic (exact) mass is 358 g/mol. The van der Waals surface area contributed by atoms with Gasteiger partial charge in [-0.1, -0.05) is 11.6 Å². The molecule has 0 radical (unpaired) electrons. The Morgan fingerprint density at radius 3 is 2.72 bits per heavy atom. The van der Waals surface area contributed by atoms with E-state index in [0.29, 0.717) is 23.4 Å². The number of rotatable bonds is 4. The zero-order valence-corrected chi connectivity index (χ0v) is 14.7. The molecule has 3 aromatic rings. The minimum atomic E-state index is 0.505. The van der Waals surface area contributed by atoms with Crippen molar-refractivity contribution < 1.29 is 4.74 Å². The predicted molar refractivity (Wildman–Crippen MR) is 95.2 cm³/mol. The number of imidazole rings is 1. The summed E-state index contributed by atoms with van der Waals surface area (Å²) in [6, 6.07) is 3.80. The first-order valence-corrected chi connectivity index (χ1v) is 8.73. The average Bonchev–Trinajstić information content (AvgIpc) is 3.00. The molecule has 0 N–H and O–H groups in total. The van der Waals surface area contributed by atoms with Crippen LogP contribution in [0.1, 0.15) is 18.5 Å². The van der Waals surface area contributed by atoms with Gasteiger partial charge in [0.25, 0.3) is 0 Å². The van der Waals surface area contributed by atoms with Crippen molar-refractivity contribution in [2.75, 3.05) is 24.6 Å². The molecule has 0 aliphatic carbocycles. The standard InChI is InChI=1S/C17H19ClN6O/c1-12-10-24-15(21-12)2-3-16(22-24)25-11-13-4-6-23(7-5-13)17-19-8-14(18)9-20-17/h2-3,8-10,13H,4-7,11H2,1H3. The Labute approximate surface area is 150 Å². The molecule has 1 aliphatic rings. The first kappa shape index (κ1) is 16.1. The number of halogens is 1. The summed E-state index contributed by atoms with van der Waals surface area (Å²) in [7, 11) is 0. The summed E-state index contributed by atoms with van der Waals surface area (Å²) in [4.78, 5) is 15.1. The van der Waals surface area contributed by atoms with E-state index in [-0.39, 0.29) is 0 Å². The maximum Gasteiger partial charge on any atom is 0.231 e. The highest BCUT2D eigenvalue weighted by molar-refractivity contribution is 6.30. The van der Waals surface area contributed by atoms with Gasteiger partial charge in [-0.3, -0.25) is 0 Å². The SMILES string of the molecule is Cc1cn2nc(OCC3CCN(c4ncc(Cl)cn4)CC3)ccc2n1. The van der Waals surface area contributed by atoms with E-state index < -0.39 is 0 Å². The molecule has 0 unspecified atom stereocenters. The highest BCUT2D eigenvalue weighted by Gasteiger charge is 2.21. The highest BCUT2D eigenvalue weighted by Crippen LogP contribution is 2.22. The van der Waals surface area contributed by atoms with Crippen molar-refractivity contribution in [3.8, 4) is 5.88 Å². The van der Waals surface area contributed by atoms with Crippen molar-refractivity contribution in [3.63, 3.8) is 0 Å². The second kappa shape index (κ2) is 6.84. The van der Waals surface area contributed by atoms with Crippen LogP contribution >= 0.6 is 11.6 Å². The molecule has 0 bridgehead atoms. The van der Waals surface area contributed by atoms with E-state index in [0.717, 1.165) is 43.2 Å². The van der Waals surface area contributed by atoms with Gasteiger partial charge >= 0.3 is 0 Å². The van der Waals surface area contributed by atoms with Gasteiger partial charge in [0.15, 0.2) is 5.65 Å². The van der Waals surface area contributed by atoms with Crippen molar-refractivity contribution >= 4 is 23.2 Å². The minimum absolute atomic E-state index is 0.505. The zero-order chi connectivity index (χ0) is 17.2. The van der Waals surface area contributed by atoms with E-state index in [1.807, 2.05) is 25.3 Å². The molecule has 1 aliphatic heterocycles. The summed E-state index contributed by atoms with van der Waals surface area (Å²) in [5.41, 5.74) is 1.78. The van der Waals surface area contributed by atoms with E-state index in [2.05, 4.69) is 25.0 Å². The molecule has 0 spiro atoms. The van der Waals surface area contributed by atoms with Gasteiger partial charge in [0.1, 0.15) is 0 Å². The van der Waals surface area contributed by atoms with Gasteiger partial charge in [0.05, 0.1) is 35.9 Å². The van der Waals surface area contributed by atoms with Crippen LogP contribution < -0.4 is 9.64 Å².